The number of hydrogen-bond acceptors (Lipinski definition) is 4. The number of allylic oxidation sites excluding steroid dienone is 1. The highest BCUT2D eigenvalue weighted by Crippen LogP contribution is 2.43. The zero-order valence-corrected chi connectivity index (χ0v) is 17.3. The average Bonchev–Trinajstić information content (AvgIpc) is 3.30. The van der Waals surface area contributed by atoms with Gasteiger partial charge in [-0.25, -0.2) is 0 Å². The molecule has 4 rings (SSSR count). The average molecular weight is 408 g/mol. The molecule has 5 nitrogen and oxygen atoms in total. The highest BCUT2D eigenvalue weighted by Gasteiger charge is 2.33. The summed E-state index contributed by atoms with van der Waals surface area (Å²) in [4.78, 5) is 11.0. The van der Waals surface area contributed by atoms with Crippen molar-refractivity contribution >= 4 is 5.97 Å². The van der Waals surface area contributed by atoms with Crippen LogP contribution in [-0.4, -0.2) is 22.8 Å². The van der Waals surface area contributed by atoms with E-state index in [9.17, 15) is 9.90 Å². The van der Waals surface area contributed by atoms with Gasteiger partial charge >= 0.3 is 5.97 Å². The lowest BCUT2D eigenvalue weighted by atomic mass is 9.86. The lowest BCUT2D eigenvalue weighted by Gasteiger charge is -2.26. The topological polar surface area (TPSA) is 76.0 Å². The molecule has 0 radical (unpaired) electrons. The molecule has 158 valence electrons. The third-order valence-corrected chi connectivity index (χ3v) is 6.20. The molecule has 1 unspecified atom stereocenters. The molecule has 2 aromatic carbocycles. The van der Waals surface area contributed by atoms with Crippen LogP contribution in [0.4, 0.5) is 0 Å². The summed E-state index contributed by atoms with van der Waals surface area (Å²) in [5.41, 5.74) is 3.31. The molecule has 0 amide bonds. The largest absolute Gasteiger partial charge is 0.492 e. The smallest absolute Gasteiger partial charge is 0.304 e. The quantitative estimate of drug-likeness (QED) is 0.609. The molecule has 0 bridgehead atoms. The number of fused-ring (bicyclic) bond motifs is 2. The van der Waals surface area contributed by atoms with Crippen LogP contribution >= 0.6 is 0 Å². The summed E-state index contributed by atoms with van der Waals surface area (Å²) in [7, 11) is 0. The van der Waals surface area contributed by atoms with Crippen LogP contribution in [0.3, 0.4) is 0 Å². The van der Waals surface area contributed by atoms with E-state index in [1.807, 2.05) is 43.3 Å². The van der Waals surface area contributed by atoms with Gasteiger partial charge in [0.05, 0.1) is 18.6 Å². The van der Waals surface area contributed by atoms with Gasteiger partial charge in [-0.15, -0.1) is 6.58 Å². The standard InChI is InChI=1S/C25H28O5/c1-3-4-12-25(2,28)21-7-5-6-20-19(21)10-11-22(20)30-17-8-9-18-16(13-24(26)27)15-29-23(18)14-17/h3,5-9,14,16,22,28H,1,4,10-13,15H2,2H3,(H,26,27)/t16-,22-,25?/m1/s1. The molecule has 30 heavy (non-hydrogen) atoms. The van der Waals surface area contributed by atoms with Gasteiger partial charge in [0.1, 0.15) is 17.6 Å². The second-order valence-electron chi connectivity index (χ2n) is 8.43. The van der Waals surface area contributed by atoms with Crippen LogP contribution in [0, 0.1) is 0 Å². The second-order valence-corrected chi connectivity index (χ2v) is 8.43. The molecule has 0 saturated heterocycles. The van der Waals surface area contributed by atoms with Crippen LogP contribution < -0.4 is 9.47 Å². The zero-order valence-electron chi connectivity index (χ0n) is 17.3. The van der Waals surface area contributed by atoms with Crippen molar-refractivity contribution < 1.29 is 24.5 Å². The first-order valence-electron chi connectivity index (χ1n) is 10.5. The van der Waals surface area contributed by atoms with Gasteiger partial charge in [-0.05, 0) is 55.4 Å². The number of rotatable bonds is 8. The Morgan fingerprint density at radius 1 is 1.33 bits per heavy atom. The minimum Gasteiger partial charge on any atom is -0.492 e. The normalized spacial score (nSPS) is 21.3. The molecule has 0 fully saturated rings. The zero-order chi connectivity index (χ0) is 21.3. The van der Waals surface area contributed by atoms with Crippen LogP contribution in [0.15, 0.2) is 49.1 Å². The maximum absolute atomic E-state index is 11.0. The van der Waals surface area contributed by atoms with E-state index in [-0.39, 0.29) is 18.4 Å². The molecular formula is C25H28O5. The number of carbonyl (C=O) groups is 1. The summed E-state index contributed by atoms with van der Waals surface area (Å²) in [6, 6.07) is 11.7. The van der Waals surface area contributed by atoms with Gasteiger partial charge in [0.2, 0.25) is 0 Å². The number of aliphatic carboxylic acids is 1. The molecule has 1 heterocycles. The molecular weight excluding hydrogens is 380 g/mol. The van der Waals surface area contributed by atoms with Gasteiger partial charge in [0, 0.05) is 17.5 Å². The second kappa shape index (κ2) is 8.15. The summed E-state index contributed by atoms with van der Waals surface area (Å²) in [6.07, 6.45) is 4.93. The van der Waals surface area contributed by atoms with E-state index in [2.05, 4.69) is 12.6 Å². The van der Waals surface area contributed by atoms with Crippen molar-refractivity contribution in [3.05, 3.63) is 71.3 Å². The molecule has 0 saturated carbocycles. The first kappa shape index (κ1) is 20.5. The van der Waals surface area contributed by atoms with E-state index in [0.717, 1.165) is 36.0 Å². The van der Waals surface area contributed by atoms with E-state index < -0.39 is 11.6 Å². The lowest BCUT2D eigenvalue weighted by Crippen LogP contribution is -2.22. The number of carboxylic acid groups (broad SMARTS) is 1. The lowest BCUT2D eigenvalue weighted by molar-refractivity contribution is -0.137. The van der Waals surface area contributed by atoms with E-state index >= 15 is 0 Å². The molecule has 5 heteroatoms. The fourth-order valence-electron chi connectivity index (χ4n) is 4.64. The predicted molar refractivity (Wildman–Crippen MR) is 114 cm³/mol. The summed E-state index contributed by atoms with van der Waals surface area (Å²) in [5, 5.41) is 20.1. The Morgan fingerprint density at radius 3 is 2.93 bits per heavy atom. The molecule has 2 N–H and O–H groups in total. The Kier molecular flexibility index (Phi) is 5.56. The van der Waals surface area contributed by atoms with Gasteiger partial charge in [0.25, 0.3) is 0 Å². The van der Waals surface area contributed by atoms with E-state index in [4.69, 9.17) is 14.6 Å². The molecule has 3 atom stereocenters. The minimum absolute atomic E-state index is 0.0672. The number of benzene rings is 2. The number of hydrogen-bond donors (Lipinski definition) is 2. The van der Waals surface area contributed by atoms with Crippen LogP contribution in [-0.2, 0) is 16.8 Å². The molecule has 2 aliphatic rings. The number of ether oxygens (including phenoxy) is 2. The van der Waals surface area contributed by atoms with E-state index in [0.29, 0.717) is 24.5 Å². The molecule has 2 aromatic rings. The Bertz CT molecular complexity index is 962. The summed E-state index contributed by atoms with van der Waals surface area (Å²) in [5.74, 6) is 0.489. The van der Waals surface area contributed by atoms with E-state index in [1.165, 1.54) is 5.56 Å². The first-order chi connectivity index (χ1) is 14.4. The fourth-order valence-corrected chi connectivity index (χ4v) is 4.64. The Hall–Kier alpha value is -2.79. The van der Waals surface area contributed by atoms with Crippen molar-refractivity contribution in [3.63, 3.8) is 0 Å². The summed E-state index contributed by atoms with van der Waals surface area (Å²) < 4.78 is 12.0. The van der Waals surface area contributed by atoms with Crippen molar-refractivity contribution in [2.75, 3.05) is 6.61 Å². The van der Waals surface area contributed by atoms with Crippen molar-refractivity contribution in [3.8, 4) is 11.5 Å². The fraction of sp³-hybridized carbons (Fsp3) is 0.400. The van der Waals surface area contributed by atoms with Crippen molar-refractivity contribution in [2.45, 2.75) is 56.7 Å². The van der Waals surface area contributed by atoms with Crippen LogP contribution in [0.25, 0.3) is 0 Å². The summed E-state index contributed by atoms with van der Waals surface area (Å²) in [6.45, 7) is 6.02. The third-order valence-electron chi connectivity index (χ3n) is 6.20. The molecule has 1 aliphatic carbocycles. The number of carboxylic acids is 1. The van der Waals surface area contributed by atoms with E-state index in [1.54, 1.807) is 0 Å². The van der Waals surface area contributed by atoms with Gasteiger partial charge < -0.3 is 19.7 Å². The van der Waals surface area contributed by atoms with Crippen molar-refractivity contribution in [2.24, 2.45) is 0 Å². The van der Waals surface area contributed by atoms with Crippen molar-refractivity contribution in [1.29, 1.82) is 0 Å². The molecule has 1 aliphatic heterocycles. The van der Waals surface area contributed by atoms with Gasteiger partial charge in [-0.3, -0.25) is 4.79 Å². The molecule has 0 aromatic heterocycles. The van der Waals surface area contributed by atoms with Gasteiger partial charge in [-0.1, -0.05) is 30.3 Å². The Balaban J connectivity index is 1.53. The Morgan fingerprint density at radius 2 is 2.17 bits per heavy atom. The number of aliphatic hydroxyl groups is 1. The highest BCUT2D eigenvalue weighted by molar-refractivity contribution is 5.68. The maximum atomic E-state index is 11.0. The van der Waals surface area contributed by atoms with Crippen LogP contribution in [0.5, 0.6) is 11.5 Å². The van der Waals surface area contributed by atoms with Gasteiger partial charge in [-0.2, -0.15) is 0 Å². The summed E-state index contributed by atoms with van der Waals surface area (Å²) >= 11 is 0. The Labute approximate surface area is 177 Å². The maximum Gasteiger partial charge on any atom is 0.304 e. The SMILES string of the molecule is C=CCCC(C)(O)c1cccc2c1CC[C@H]2Oc1ccc2c(c1)OC[C@H]2CC(=O)O. The highest BCUT2D eigenvalue weighted by atomic mass is 16.5. The van der Waals surface area contributed by atoms with Crippen molar-refractivity contribution in [1.82, 2.24) is 0 Å². The first-order valence-corrected chi connectivity index (χ1v) is 10.5. The van der Waals surface area contributed by atoms with Gasteiger partial charge in [0.15, 0.2) is 0 Å². The van der Waals surface area contributed by atoms with Crippen LogP contribution in [0.1, 0.15) is 66.9 Å². The third kappa shape index (κ3) is 3.94. The monoisotopic (exact) mass is 408 g/mol. The van der Waals surface area contributed by atoms with Crippen LogP contribution in [0.2, 0.25) is 0 Å². The molecule has 0 spiro atoms. The minimum atomic E-state index is -0.894. The predicted octanol–water partition coefficient (Wildman–Crippen LogP) is 4.88.